The van der Waals surface area contributed by atoms with Crippen molar-refractivity contribution >= 4 is 39.8 Å². The molecule has 0 saturated heterocycles. The molecule has 152 valence electrons. The van der Waals surface area contributed by atoms with E-state index in [9.17, 15) is 19.5 Å². The fourth-order valence-electron chi connectivity index (χ4n) is 3.35. The van der Waals surface area contributed by atoms with Crippen molar-refractivity contribution in [1.82, 2.24) is 9.88 Å². The van der Waals surface area contributed by atoms with Gasteiger partial charge in [0.1, 0.15) is 0 Å². The van der Waals surface area contributed by atoms with E-state index >= 15 is 0 Å². The van der Waals surface area contributed by atoms with E-state index in [2.05, 4.69) is 19.2 Å². The van der Waals surface area contributed by atoms with Crippen molar-refractivity contribution in [3.05, 3.63) is 36.0 Å². The van der Waals surface area contributed by atoms with Crippen LogP contribution in [-0.4, -0.2) is 38.6 Å². The van der Waals surface area contributed by atoms with E-state index in [1.807, 2.05) is 19.1 Å². The molecule has 2 N–H and O–H groups in total. The zero-order valence-corrected chi connectivity index (χ0v) is 17.6. The molecule has 0 saturated carbocycles. The van der Waals surface area contributed by atoms with Crippen molar-refractivity contribution in [2.75, 3.05) is 5.75 Å². The zero-order chi connectivity index (χ0) is 20.8. The third-order valence-electron chi connectivity index (χ3n) is 4.53. The Morgan fingerprint density at radius 2 is 1.86 bits per heavy atom. The van der Waals surface area contributed by atoms with E-state index in [4.69, 9.17) is 0 Å². The van der Waals surface area contributed by atoms with Gasteiger partial charge in [-0.05, 0) is 37.3 Å². The van der Waals surface area contributed by atoms with Gasteiger partial charge >= 0.3 is 6.09 Å². The second-order valence-electron chi connectivity index (χ2n) is 7.57. The number of rotatable bonds is 8. The van der Waals surface area contributed by atoms with Crippen LogP contribution in [0.1, 0.15) is 39.7 Å². The standard InChI is InChI=1S/C21H28N2O4S/c1-13(2)9-17(12-28-15(4)24)20(25)22-14(3)10-16-11-23(21(26)27)19-8-6-5-7-18(16)19/h5-8,11,13-14,17H,9-10,12H2,1-4H3,(H,22,25)(H,26,27)/t14-,17?/m1/s1. The minimum absolute atomic E-state index is 0.0103. The molecule has 2 aromatic rings. The Balaban J connectivity index is 2.10. The monoisotopic (exact) mass is 404 g/mol. The summed E-state index contributed by atoms with van der Waals surface area (Å²) in [6.45, 7) is 7.54. The lowest BCUT2D eigenvalue weighted by molar-refractivity contribution is -0.125. The molecule has 1 aromatic carbocycles. The number of fused-ring (bicyclic) bond motifs is 1. The Kier molecular flexibility index (Phi) is 7.69. The topological polar surface area (TPSA) is 88.4 Å². The molecule has 0 aliphatic rings. The van der Waals surface area contributed by atoms with Gasteiger partial charge in [-0.3, -0.25) is 14.2 Å². The summed E-state index contributed by atoms with van der Waals surface area (Å²) in [4.78, 5) is 35.5. The van der Waals surface area contributed by atoms with E-state index in [0.717, 1.165) is 17.4 Å². The van der Waals surface area contributed by atoms with Crippen LogP contribution in [0.2, 0.25) is 0 Å². The summed E-state index contributed by atoms with van der Waals surface area (Å²) in [5.41, 5.74) is 1.52. The number of hydrogen-bond acceptors (Lipinski definition) is 4. The van der Waals surface area contributed by atoms with Crippen LogP contribution in [-0.2, 0) is 16.0 Å². The molecule has 0 aliphatic heterocycles. The summed E-state index contributed by atoms with van der Waals surface area (Å²) in [5.74, 6) is 0.547. The Morgan fingerprint density at radius 1 is 1.18 bits per heavy atom. The van der Waals surface area contributed by atoms with E-state index in [0.29, 0.717) is 23.6 Å². The highest BCUT2D eigenvalue weighted by molar-refractivity contribution is 8.13. The van der Waals surface area contributed by atoms with Gasteiger partial charge in [-0.1, -0.05) is 43.8 Å². The van der Waals surface area contributed by atoms with Gasteiger partial charge < -0.3 is 10.4 Å². The quantitative estimate of drug-likeness (QED) is 0.690. The van der Waals surface area contributed by atoms with Crippen LogP contribution in [0.3, 0.4) is 0 Å². The molecule has 1 amide bonds. The van der Waals surface area contributed by atoms with Crippen LogP contribution < -0.4 is 5.32 Å². The van der Waals surface area contributed by atoms with Crippen LogP contribution >= 0.6 is 11.8 Å². The molecule has 6 nitrogen and oxygen atoms in total. The minimum atomic E-state index is -1.03. The van der Waals surface area contributed by atoms with E-state index in [-0.39, 0.29) is 23.0 Å². The number of nitrogens with one attached hydrogen (secondary N) is 1. The maximum absolute atomic E-state index is 12.7. The van der Waals surface area contributed by atoms with Gasteiger partial charge in [-0.2, -0.15) is 0 Å². The summed E-state index contributed by atoms with van der Waals surface area (Å²) < 4.78 is 1.21. The van der Waals surface area contributed by atoms with Crippen LogP contribution in [0.25, 0.3) is 10.9 Å². The highest BCUT2D eigenvalue weighted by Crippen LogP contribution is 2.23. The van der Waals surface area contributed by atoms with E-state index < -0.39 is 6.09 Å². The number of carboxylic acid groups (broad SMARTS) is 1. The number of nitrogens with zero attached hydrogens (tertiary/aromatic N) is 1. The Morgan fingerprint density at radius 3 is 2.46 bits per heavy atom. The highest BCUT2D eigenvalue weighted by atomic mass is 32.2. The fraction of sp³-hybridized carbons (Fsp3) is 0.476. The first-order valence-electron chi connectivity index (χ1n) is 9.45. The maximum atomic E-state index is 12.7. The first-order valence-corrected chi connectivity index (χ1v) is 10.4. The predicted octanol–water partition coefficient (Wildman–Crippen LogP) is 4.16. The lowest BCUT2D eigenvalue weighted by atomic mass is 9.97. The number of amides is 1. The Labute approximate surface area is 169 Å². The first-order chi connectivity index (χ1) is 13.2. The summed E-state index contributed by atoms with van der Waals surface area (Å²) in [6.07, 6.45) is 1.84. The average Bonchev–Trinajstić information content (AvgIpc) is 2.97. The summed E-state index contributed by atoms with van der Waals surface area (Å²) in [7, 11) is 0. The number of hydrogen-bond donors (Lipinski definition) is 2. The number of carbonyl (C=O) groups is 3. The molecule has 1 heterocycles. The van der Waals surface area contributed by atoms with Crippen LogP contribution in [0.5, 0.6) is 0 Å². The number of benzene rings is 1. The highest BCUT2D eigenvalue weighted by Gasteiger charge is 2.23. The first kappa shape index (κ1) is 22.0. The van der Waals surface area contributed by atoms with Crippen LogP contribution in [0, 0.1) is 11.8 Å². The minimum Gasteiger partial charge on any atom is -0.464 e. The SMILES string of the molecule is CC(=O)SCC(CC(C)C)C(=O)N[C@H](C)Cc1cn(C(=O)O)c2ccccc12. The summed E-state index contributed by atoms with van der Waals surface area (Å²) in [5, 5.41) is 13.3. The van der Waals surface area contributed by atoms with Gasteiger partial charge in [0.05, 0.1) is 5.52 Å². The van der Waals surface area contributed by atoms with Crippen LogP contribution in [0.4, 0.5) is 4.79 Å². The summed E-state index contributed by atoms with van der Waals surface area (Å²) >= 11 is 1.18. The third kappa shape index (κ3) is 5.86. The van der Waals surface area contributed by atoms with Crippen molar-refractivity contribution in [3.8, 4) is 0 Å². The molecular weight excluding hydrogens is 376 g/mol. The second kappa shape index (κ2) is 9.78. The fourth-order valence-corrected chi connectivity index (χ4v) is 4.07. The molecule has 1 unspecified atom stereocenters. The predicted molar refractivity (Wildman–Crippen MR) is 113 cm³/mol. The van der Waals surface area contributed by atoms with E-state index in [1.54, 1.807) is 18.3 Å². The normalized spacial score (nSPS) is 13.5. The molecule has 2 atom stereocenters. The molecule has 7 heteroatoms. The molecule has 0 bridgehead atoms. The lowest BCUT2D eigenvalue weighted by Crippen LogP contribution is -2.39. The molecule has 0 aliphatic carbocycles. The molecular formula is C21H28N2O4S. The smallest absolute Gasteiger partial charge is 0.416 e. The van der Waals surface area contributed by atoms with Gasteiger partial charge in [-0.25, -0.2) is 4.79 Å². The van der Waals surface area contributed by atoms with Gasteiger partial charge in [-0.15, -0.1) is 0 Å². The van der Waals surface area contributed by atoms with Gasteiger partial charge in [0.15, 0.2) is 5.12 Å². The molecule has 1 aromatic heterocycles. The third-order valence-corrected chi connectivity index (χ3v) is 5.51. The van der Waals surface area contributed by atoms with Gasteiger partial charge in [0.2, 0.25) is 5.91 Å². The van der Waals surface area contributed by atoms with Gasteiger partial charge in [0.25, 0.3) is 0 Å². The average molecular weight is 405 g/mol. The van der Waals surface area contributed by atoms with Crippen molar-refractivity contribution in [2.24, 2.45) is 11.8 Å². The maximum Gasteiger partial charge on any atom is 0.416 e. The van der Waals surface area contributed by atoms with Crippen molar-refractivity contribution in [2.45, 2.75) is 46.6 Å². The molecule has 0 fully saturated rings. The number of carbonyl (C=O) groups excluding carboxylic acids is 2. The Hall–Kier alpha value is -2.28. The number of thioether (sulfide) groups is 1. The Bertz CT molecular complexity index is 859. The molecule has 2 rings (SSSR count). The lowest BCUT2D eigenvalue weighted by Gasteiger charge is -2.21. The van der Waals surface area contributed by atoms with E-state index in [1.165, 1.54) is 23.3 Å². The van der Waals surface area contributed by atoms with Crippen molar-refractivity contribution in [3.63, 3.8) is 0 Å². The molecule has 0 radical (unpaired) electrons. The van der Waals surface area contributed by atoms with Crippen molar-refractivity contribution in [1.29, 1.82) is 0 Å². The molecule has 0 spiro atoms. The van der Waals surface area contributed by atoms with Crippen LogP contribution in [0.15, 0.2) is 30.5 Å². The number of aromatic nitrogens is 1. The van der Waals surface area contributed by atoms with Gasteiger partial charge in [0, 0.05) is 36.2 Å². The number of para-hydroxylation sites is 1. The largest absolute Gasteiger partial charge is 0.464 e. The zero-order valence-electron chi connectivity index (χ0n) is 16.8. The summed E-state index contributed by atoms with van der Waals surface area (Å²) in [6, 6.07) is 7.19. The molecule has 28 heavy (non-hydrogen) atoms. The van der Waals surface area contributed by atoms with Crippen molar-refractivity contribution < 1.29 is 19.5 Å². The second-order valence-corrected chi connectivity index (χ2v) is 8.76.